The molecule has 102 valence electrons. The van der Waals surface area contributed by atoms with E-state index in [0.29, 0.717) is 6.42 Å². The van der Waals surface area contributed by atoms with Crippen molar-refractivity contribution in [1.82, 2.24) is 0 Å². The van der Waals surface area contributed by atoms with Crippen LogP contribution in [0.4, 0.5) is 0 Å². The normalized spacial score (nSPS) is 11.1. The van der Waals surface area contributed by atoms with Crippen molar-refractivity contribution in [2.75, 3.05) is 0 Å². The van der Waals surface area contributed by atoms with Crippen molar-refractivity contribution in [3.63, 3.8) is 0 Å². The van der Waals surface area contributed by atoms with E-state index in [1.54, 1.807) is 13.8 Å². The van der Waals surface area contributed by atoms with Crippen molar-refractivity contribution < 1.29 is 19.8 Å². The zero-order chi connectivity index (χ0) is 13.5. The maximum absolute atomic E-state index is 11.2. The molecule has 0 saturated heterocycles. The molecule has 0 fully saturated rings. The van der Waals surface area contributed by atoms with E-state index >= 15 is 0 Å². The van der Waals surface area contributed by atoms with Crippen LogP contribution in [0.15, 0.2) is 0 Å². The van der Waals surface area contributed by atoms with E-state index in [9.17, 15) is 19.8 Å². The number of hydrogen-bond acceptors (Lipinski definition) is 2. The van der Waals surface area contributed by atoms with Gasteiger partial charge in [0, 0.05) is 0 Å². The molecule has 0 aromatic carbocycles. The Bertz CT molecular complexity index is 250. The standard InChI is InChI=1S/C13H24O4.Li.H/c1-4-5-6-7-8-9-13(10(2)3,11(14)15)12(16)17;;/h10H,4-9H2,1-3H3,(H,14,15)(H,16,17);;. The third-order valence-electron chi connectivity index (χ3n) is 3.42. The van der Waals surface area contributed by atoms with E-state index < -0.39 is 23.3 Å². The zero-order valence-corrected chi connectivity index (χ0v) is 11.0. The van der Waals surface area contributed by atoms with Gasteiger partial charge in [0.2, 0.25) is 0 Å². The first-order chi connectivity index (χ1) is 7.89. The van der Waals surface area contributed by atoms with Crippen LogP contribution < -0.4 is 0 Å². The molecule has 0 aromatic rings. The average Bonchev–Trinajstić information content (AvgIpc) is 2.21. The molecule has 0 aliphatic carbocycles. The monoisotopic (exact) mass is 252 g/mol. The van der Waals surface area contributed by atoms with Crippen molar-refractivity contribution >= 4 is 30.8 Å². The minimum atomic E-state index is -1.62. The number of carboxylic acids is 2. The van der Waals surface area contributed by atoms with Crippen molar-refractivity contribution in [3.8, 4) is 0 Å². The minimum absolute atomic E-state index is 0. The molecule has 0 aliphatic heterocycles. The second-order valence-corrected chi connectivity index (χ2v) is 4.90. The van der Waals surface area contributed by atoms with Crippen molar-refractivity contribution in [3.05, 3.63) is 0 Å². The second-order valence-electron chi connectivity index (χ2n) is 4.90. The van der Waals surface area contributed by atoms with Gasteiger partial charge in [0.25, 0.3) is 0 Å². The summed E-state index contributed by atoms with van der Waals surface area (Å²) in [6, 6.07) is 0. The molecular formula is C13H25LiO4. The number of aliphatic carboxylic acids is 2. The Morgan fingerprint density at radius 3 is 1.78 bits per heavy atom. The SMILES string of the molecule is CCCCCCCC(C(=O)O)(C(=O)O)C(C)C.[LiH]. The third-order valence-corrected chi connectivity index (χ3v) is 3.42. The molecule has 0 aliphatic rings. The van der Waals surface area contributed by atoms with Crippen molar-refractivity contribution in [1.29, 1.82) is 0 Å². The fraction of sp³-hybridized carbons (Fsp3) is 0.846. The summed E-state index contributed by atoms with van der Waals surface area (Å²) >= 11 is 0. The van der Waals surface area contributed by atoms with E-state index in [1.807, 2.05) is 0 Å². The number of carboxylic acid groups (broad SMARTS) is 2. The summed E-state index contributed by atoms with van der Waals surface area (Å²) in [6.07, 6.45) is 5.07. The molecule has 2 N–H and O–H groups in total. The molecule has 0 amide bonds. The fourth-order valence-corrected chi connectivity index (χ4v) is 2.10. The van der Waals surface area contributed by atoms with Gasteiger partial charge in [-0.05, 0) is 12.3 Å². The van der Waals surface area contributed by atoms with Crippen LogP contribution in [0.3, 0.4) is 0 Å². The van der Waals surface area contributed by atoms with E-state index in [4.69, 9.17) is 0 Å². The molecule has 0 spiro atoms. The molecule has 0 unspecified atom stereocenters. The molecular weight excluding hydrogens is 227 g/mol. The summed E-state index contributed by atoms with van der Waals surface area (Å²) in [7, 11) is 0. The molecule has 0 rings (SSSR count). The summed E-state index contributed by atoms with van der Waals surface area (Å²) in [5, 5.41) is 18.4. The first-order valence-corrected chi connectivity index (χ1v) is 6.36. The molecule has 18 heavy (non-hydrogen) atoms. The molecule has 0 heterocycles. The third kappa shape index (κ3) is 5.03. The predicted molar refractivity (Wildman–Crippen MR) is 73.1 cm³/mol. The van der Waals surface area contributed by atoms with Gasteiger partial charge in [-0.1, -0.05) is 52.9 Å². The number of rotatable bonds is 9. The summed E-state index contributed by atoms with van der Waals surface area (Å²) in [4.78, 5) is 22.5. The van der Waals surface area contributed by atoms with Gasteiger partial charge in [-0.2, -0.15) is 0 Å². The zero-order valence-electron chi connectivity index (χ0n) is 11.0. The first-order valence-electron chi connectivity index (χ1n) is 6.36. The molecule has 0 atom stereocenters. The van der Waals surface area contributed by atoms with Gasteiger partial charge < -0.3 is 10.2 Å². The van der Waals surface area contributed by atoms with Gasteiger partial charge in [0.05, 0.1) is 0 Å². The van der Waals surface area contributed by atoms with Crippen LogP contribution in [0.2, 0.25) is 0 Å². The Morgan fingerprint density at radius 1 is 1.00 bits per heavy atom. The topological polar surface area (TPSA) is 74.6 Å². The van der Waals surface area contributed by atoms with Gasteiger partial charge in [-0.15, -0.1) is 0 Å². The Morgan fingerprint density at radius 2 is 1.44 bits per heavy atom. The summed E-state index contributed by atoms with van der Waals surface area (Å²) < 4.78 is 0. The van der Waals surface area contributed by atoms with Crippen LogP contribution in [-0.2, 0) is 9.59 Å². The van der Waals surface area contributed by atoms with Crippen LogP contribution in [-0.4, -0.2) is 41.0 Å². The summed E-state index contributed by atoms with van der Waals surface area (Å²) in [6.45, 7) is 5.43. The summed E-state index contributed by atoms with van der Waals surface area (Å²) in [5.41, 5.74) is -1.62. The molecule has 5 heteroatoms. The van der Waals surface area contributed by atoms with Crippen LogP contribution in [0, 0.1) is 11.3 Å². The van der Waals surface area contributed by atoms with E-state index in [-0.39, 0.29) is 25.3 Å². The van der Waals surface area contributed by atoms with Crippen molar-refractivity contribution in [2.24, 2.45) is 11.3 Å². The van der Waals surface area contributed by atoms with Crippen LogP contribution >= 0.6 is 0 Å². The van der Waals surface area contributed by atoms with Crippen molar-refractivity contribution in [2.45, 2.75) is 59.3 Å². The number of unbranched alkanes of at least 4 members (excludes halogenated alkanes) is 4. The van der Waals surface area contributed by atoms with E-state index in [1.165, 1.54) is 0 Å². The average molecular weight is 252 g/mol. The van der Waals surface area contributed by atoms with Gasteiger partial charge in [-0.25, -0.2) is 0 Å². The Kier molecular flexibility index (Phi) is 10.4. The summed E-state index contributed by atoms with van der Waals surface area (Å²) in [5.74, 6) is -2.82. The van der Waals surface area contributed by atoms with Gasteiger partial charge in [0.15, 0.2) is 5.41 Å². The number of carbonyl (C=O) groups is 2. The number of hydrogen-bond donors (Lipinski definition) is 2. The maximum atomic E-state index is 11.2. The Hall–Kier alpha value is -0.463. The molecule has 0 radical (unpaired) electrons. The van der Waals surface area contributed by atoms with E-state index in [0.717, 1.165) is 25.7 Å². The quantitative estimate of drug-likeness (QED) is 0.375. The van der Waals surface area contributed by atoms with Gasteiger partial charge >= 0.3 is 30.8 Å². The Labute approximate surface area is 121 Å². The van der Waals surface area contributed by atoms with E-state index in [2.05, 4.69) is 6.92 Å². The van der Waals surface area contributed by atoms with Crippen LogP contribution in [0.5, 0.6) is 0 Å². The van der Waals surface area contributed by atoms with Crippen LogP contribution in [0.25, 0.3) is 0 Å². The molecule has 0 aromatic heterocycles. The molecule has 0 saturated carbocycles. The Balaban J connectivity index is 0. The fourth-order valence-electron chi connectivity index (χ4n) is 2.10. The first kappa shape index (κ1) is 19.9. The van der Waals surface area contributed by atoms with Crippen LogP contribution in [0.1, 0.15) is 59.3 Å². The van der Waals surface area contributed by atoms with Gasteiger partial charge in [-0.3, -0.25) is 9.59 Å². The second kappa shape index (κ2) is 9.47. The predicted octanol–water partition coefficient (Wildman–Crippen LogP) is 2.51. The van der Waals surface area contributed by atoms with Gasteiger partial charge in [0.1, 0.15) is 0 Å². The molecule has 0 bridgehead atoms. The molecule has 4 nitrogen and oxygen atoms in total.